The van der Waals surface area contributed by atoms with Crippen LogP contribution in [-0.2, 0) is 23.1 Å². The largest absolute Gasteiger partial charge is 0.381 e. The number of piperidine rings is 1. The van der Waals surface area contributed by atoms with Gasteiger partial charge in [0, 0.05) is 52.5 Å². The van der Waals surface area contributed by atoms with Gasteiger partial charge in [0.05, 0.1) is 5.92 Å². The summed E-state index contributed by atoms with van der Waals surface area (Å²) in [6.45, 7) is 6.21. The van der Waals surface area contributed by atoms with Crippen LogP contribution in [0.15, 0.2) is 15.7 Å². The van der Waals surface area contributed by atoms with E-state index in [4.69, 9.17) is 4.74 Å². The van der Waals surface area contributed by atoms with E-state index in [1.54, 1.807) is 4.57 Å². The molecule has 1 aromatic heterocycles. The standard InChI is InChI=1S/C21H34N4O4/c1-3-10-25-18(14-19(26)23(2)21(25)28)24-11-4-5-17(15-24)20(27)22-9-6-16-7-12-29-13-8-16/h14,16-17H,3-13,15H2,1-2H3,(H,22,27). The lowest BCUT2D eigenvalue weighted by Crippen LogP contribution is -2.47. The van der Waals surface area contributed by atoms with E-state index in [1.165, 1.54) is 13.1 Å². The molecule has 3 heterocycles. The highest BCUT2D eigenvalue weighted by Gasteiger charge is 2.28. The van der Waals surface area contributed by atoms with Crippen molar-refractivity contribution in [3.8, 4) is 0 Å². The summed E-state index contributed by atoms with van der Waals surface area (Å²) in [6.07, 6.45) is 5.65. The average molecular weight is 407 g/mol. The molecule has 0 aliphatic carbocycles. The first-order chi connectivity index (χ1) is 14.0. The average Bonchev–Trinajstić information content (AvgIpc) is 2.75. The minimum Gasteiger partial charge on any atom is -0.381 e. The molecule has 0 radical (unpaired) electrons. The fourth-order valence-corrected chi connectivity index (χ4v) is 4.33. The quantitative estimate of drug-likeness (QED) is 0.733. The van der Waals surface area contributed by atoms with E-state index in [1.807, 2.05) is 11.8 Å². The van der Waals surface area contributed by atoms with E-state index in [9.17, 15) is 14.4 Å². The van der Waals surface area contributed by atoms with Crippen LogP contribution in [0.3, 0.4) is 0 Å². The fraction of sp³-hybridized carbons (Fsp3) is 0.762. The Kier molecular flexibility index (Phi) is 7.52. The number of nitrogens with zero attached hydrogens (tertiary/aromatic N) is 3. The van der Waals surface area contributed by atoms with Gasteiger partial charge in [-0.05, 0) is 44.4 Å². The van der Waals surface area contributed by atoms with Crippen molar-refractivity contribution in [2.75, 3.05) is 37.7 Å². The van der Waals surface area contributed by atoms with E-state index in [-0.39, 0.29) is 23.1 Å². The van der Waals surface area contributed by atoms with Crippen LogP contribution in [0.1, 0.15) is 45.4 Å². The van der Waals surface area contributed by atoms with Crippen molar-refractivity contribution in [1.29, 1.82) is 0 Å². The summed E-state index contributed by atoms with van der Waals surface area (Å²) in [5.74, 6) is 1.23. The Morgan fingerprint density at radius 1 is 1.24 bits per heavy atom. The summed E-state index contributed by atoms with van der Waals surface area (Å²) in [6, 6.07) is 1.53. The number of anilines is 1. The van der Waals surface area contributed by atoms with Crippen molar-refractivity contribution in [2.45, 2.75) is 52.0 Å². The van der Waals surface area contributed by atoms with Gasteiger partial charge in [-0.1, -0.05) is 6.92 Å². The number of aromatic nitrogens is 2. The molecule has 0 bridgehead atoms. The van der Waals surface area contributed by atoms with Crippen molar-refractivity contribution < 1.29 is 9.53 Å². The number of amides is 1. The van der Waals surface area contributed by atoms with Gasteiger partial charge < -0.3 is 15.0 Å². The molecule has 1 aromatic rings. The van der Waals surface area contributed by atoms with Gasteiger partial charge in [0.1, 0.15) is 5.82 Å². The smallest absolute Gasteiger partial charge is 0.332 e. The molecular formula is C21H34N4O4. The number of hydrogen-bond donors (Lipinski definition) is 1. The second-order valence-corrected chi connectivity index (χ2v) is 8.25. The monoisotopic (exact) mass is 406 g/mol. The Bertz CT molecular complexity index is 810. The summed E-state index contributed by atoms with van der Waals surface area (Å²) >= 11 is 0. The van der Waals surface area contributed by atoms with Crippen LogP contribution in [0.2, 0.25) is 0 Å². The molecule has 1 unspecified atom stereocenters. The maximum Gasteiger partial charge on any atom is 0.332 e. The lowest BCUT2D eigenvalue weighted by atomic mass is 9.95. The SMILES string of the molecule is CCCn1c(N2CCCC(C(=O)NCCC3CCOCC3)C2)cc(=O)n(C)c1=O. The van der Waals surface area contributed by atoms with Crippen molar-refractivity contribution >= 4 is 11.7 Å². The summed E-state index contributed by atoms with van der Waals surface area (Å²) in [7, 11) is 1.51. The van der Waals surface area contributed by atoms with Gasteiger partial charge >= 0.3 is 5.69 Å². The molecule has 2 aliphatic heterocycles. The predicted octanol–water partition coefficient (Wildman–Crippen LogP) is 1.11. The van der Waals surface area contributed by atoms with E-state index in [0.29, 0.717) is 31.4 Å². The fourth-order valence-electron chi connectivity index (χ4n) is 4.33. The Hall–Kier alpha value is -2.09. The lowest BCUT2D eigenvalue weighted by molar-refractivity contribution is -0.125. The molecule has 3 rings (SSSR count). The first kappa shape index (κ1) is 21.6. The second kappa shape index (κ2) is 10.1. The number of carbonyl (C=O) groups is 1. The zero-order valence-corrected chi connectivity index (χ0v) is 17.7. The molecule has 8 nitrogen and oxygen atoms in total. The highest BCUT2D eigenvalue weighted by Crippen LogP contribution is 2.22. The van der Waals surface area contributed by atoms with Crippen molar-refractivity contribution in [1.82, 2.24) is 14.5 Å². The molecular weight excluding hydrogens is 372 g/mol. The molecule has 1 N–H and O–H groups in total. The highest BCUT2D eigenvalue weighted by atomic mass is 16.5. The van der Waals surface area contributed by atoms with E-state index >= 15 is 0 Å². The Labute approximate surface area is 171 Å². The molecule has 0 spiro atoms. The maximum absolute atomic E-state index is 12.7. The van der Waals surface area contributed by atoms with Crippen LogP contribution >= 0.6 is 0 Å². The molecule has 2 fully saturated rings. The van der Waals surface area contributed by atoms with Gasteiger partial charge in [-0.25, -0.2) is 4.79 Å². The lowest BCUT2D eigenvalue weighted by Gasteiger charge is -2.35. The third-order valence-corrected chi connectivity index (χ3v) is 6.13. The number of hydrogen-bond acceptors (Lipinski definition) is 5. The summed E-state index contributed by atoms with van der Waals surface area (Å²) < 4.78 is 8.19. The first-order valence-corrected chi connectivity index (χ1v) is 10.9. The minimum atomic E-state index is -0.305. The Balaban J connectivity index is 1.63. The van der Waals surface area contributed by atoms with E-state index in [2.05, 4.69) is 5.32 Å². The Morgan fingerprint density at radius 2 is 2.00 bits per heavy atom. The first-order valence-electron chi connectivity index (χ1n) is 10.9. The molecule has 0 saturated carbocycles. The zero-order chi connectivity index (χ0) is 20.8. The summed E-state index contributed by atoms with van der Waals surface area (Å²) in [5.41, 5.74) is -0.599. The molecule has 29 heavy (non-hydrogen) atoms. The van der Waals surface area contributed by atoms with Gasteiger partial charge in [-0.15, -0.1) is 0 Å². The normalized spacial score (nSPS) is 20.6. The van der Waals surface area contributed by atoms with Crippen molar-refractivity contribution in [3.63, 3.8) is 0 Å². The van der Waals surface area contributed by atoms with E-state index < -0.39 is 0 Å². The van der Waals surface area contributed by atoms with Gasteiger partial charge in [-0.2, -0.15) is 0 Å². The van der Waals surface area contributed by atoms with Gasteiger partial charge in [0.15, 0.2) is 0 Å². The molecule has 0 aromatic carbocycles. The van der Waals surface area contributed by atoms with Gasteiger partial charge in [-0.3, -0.25) is 18.7 Å². The topological polar surface area (TPSA) is 85.6 Å². The van der Waals surface area contributed by atoms with Gasteiger partial charge in [0.2, 0.25) is 5.91 Å². The third-order valence-electron chi connectivity index (χ3n) is 6.13. The summed E-state index contributed by atoms with van der Waals surface area (Å²) in [4.78, 5) is 39.5. The molecule has 162 valence electrons. The zero-order valence-electron chi connectivity index (χ0n) is 17.7. The van der Waals surface area contributed by atoms with Crippen LogP contribution in [-0.4, -0.2) is 47.9 Å². The van der Waals surface area contributed by atoms with Crippen molar-refractivity contribution in [3.05, 3.63) is 26.9 Å². The number of rotatable bonds is 7. The van der Waals surface area contributed by atoms with Crippen LogP contribution in [0, 0.1) is 11.8 Å². The van der Waals surface area contributed by atoms with Crippen LogP contribution in [0.4, 0.5) is 5.82 Å². The molecule has 1 amide bonds. The Morgan fingerprint density at radius 3 is 2.72 bits per heavy atom. The van der Waals surface area contributed by atoms with Crippen LogP contribution in [0.5, 0.6) is 0 Å². The highest BCUT2D eigenvalue weighted by molar-refractivity contribution is 5.79. The third kappa shape index (κ3) is 5.29. The maximum atomic E-state index is 12.7. The molecule has 8 heteroatoms. The molecule has 2 aliphatic rings. The number of ether oxygens (including phenoxy) is 1. The number of nitrogens with one attached hydrogen (secondary N) is 1. The molecule has 2 saturated heterocycles. The van der Waals surface area contributed by atoms with Gasteiger partial charge in [0.25, 0.3) is 5.56 Å². The van der Waals surface area contributed by atoms with Crippen molar-refractivity contribution in [2.24, 2.45) is 18.9 Å². The van der Waals surface area contributed by atoms with Crippen LogP contribution in [0.25, 0.3) is 0 Å². The minimum absolute atomic E-state index is 0.0787. The number of carbonyl (C=O) groups excluding carboxylic acids is 1. The molecule has 1 atom stereocenters. The summed E-state index contributed by atoms with van der Waals surface area (Å²) in [5, 5.41) is 3.10. The van der Waals surface area contributed by atoms with E-state index in [0.717, 1.165) is 62.9 Å². The predicted molar refractivity (Wildman–Crippen MR) is 112 cm³/mol. The second-order valence-electron chi connectivity index (χ2n) is 8.25. The van der Waals surface area contributed by atoms with Crippen LogP contribution < -0.4 is 21.5 Å².